The molecule has 0 radical (unpaired) electrons. The summed E-state index contributed by atoms with van der Waals surface area (Å²) >= 11 is 15.5. The van der Waals surface area contributed by atoms with Crippen molar-refractivity contribution in [2.75, 3.05) is 0 Å². The fourth-order valence-corrected chi connectivity index (χ4v) is 3.75. The Hall–Kier alpha value is -2.40. The van der Waals surface area contributed by atoms with Crippen molar-refractivity contribution >= 4 is 55.9 Å². The third-order valence-corrected chi connectivity index (χ3v) is 5.75. The van der Waals surface area contributed by atoms with Gasteiger partial charge in [0.1, 0.15) is 0 Å². The Bertz CT molecular complexity index is 1210. The van der Waals surface area contributed by atoms with E-state index < -0.39 is 0 Å². The first-order valence-electron chi connectivity index (χ1n) is 8.89. The molecule has 4 rings (SSSR count). The van der Waals surface area contributed by atoms with Crippen LogP contribution in [0.4, 0.5) is 0 Å². The first kappa shape index (κ1) is 19.9. The molecule has 0 saturated heterocycles. The maximum atomic E-state index is 13.1. The molecule has 0 aliphatic heterocycles. The van der Waals surface area contributed by atoms with Crippen LogP contribution in [0.1, 0.15) is 15.9 Å². The minimum absolute atomic E-state index is 0.182. The van der Waals surface area contributed by atoms with Crippen molar-refractivity contribution in [2.24, 2.45) is 0 Å². The number of pyridine rings is 1. The van der Waals surface area contributed by atoms with Crippen LogP contribution in [0.5, 0.6) is 0 Å². The molecular weight excluding hydrogens is 471 g/mol. The Morgan fingerprint density at radius 2 is 1.72 bits per heavy atom. The molecule has 0 saturated carbocycles. The van der Waals surface area contributed by atoms with Gasteiger partial charge in [0.15, 0.2) is 0 Å². The highest BCUT2D eigenvalue weighted by Gasteiger charge is 2.14. The quantitative estimate of drug-likeness (QED) is 0.341. The second kappa shape index (κ2) is 8.54. The molecule has 0 aliphatic carbocycles. The van der Waals surface area contributed by atoms with Crippen LogP contribution >= 0.6 is 39.1 Å². The van der Waals surface area contributed by atoms with Gasteiger partial charge in [-0.1, -0.05) is 75.5 Å². The van der Waals surface area contributed by atoms with E-state index in [0.717, 1.165) is 32.2 Å². The predicted molar refractivity (Wildman–Crippen MR) is 123 cm³/mol. The lowest BCUT2D eigenvalue weighted by Crippen LogP contribution is -2.23. The molecule has 29 heavy (non-hydrogen) atoms. The zero-order valence-corrected chi connectivity index (χ0v) is 18.2. The van der Waals surface area contributed by atoms with Crippen LogP contribution in [0.15, 0.2) is 77.3 Å². The summed E-state index contributed by atoms with van der Waals surface area (Å²) in [5, 5.41) is 4.70. The third kappa shape index (κ3) is 4.45. The average Bonchev–Trinajstić information content (AvgIpc) is 2.74. The van der Waals surface area contributed by atoms with Crippen molar-refractivity contribution in [3.05, 3.63) is 98.4 Å². The summed E-state index contributed by atoms with van der Waals surface area (Å²) < 4.78 is 0.887. The molecule has 1 aromatic heterocycles. The number of hydrogen-bond acceptors (Lipinski definition) is 2. The summed E-state index contributed by atoms with van der Waals surface area (Å²) in [5.41, 5.74) is 3.90. The van der Waals surface area contributed by atoms with Crippen LogP contribution in [0, 0.1) is 0 Å². The number of amides is 1. The van der Waals surface area contributed by atoms with Crippen molar-refractivity contribution in [3.63, 3.8) is 0 Å². The van der Waals surface area contributed by atoms with Crippen molar-refractivity contribution in [2.45, 2.75) is 6.54 Å². The lowest BCUT2D eigenvalue weighted by atomic mass is 10.0. The summed E-state index contributed by atoms with van der Waals surface area (Å²) in [6, 6.07) is 22.7. The van der Waals surface area contributed by atoms with E-state index in [0.29, 0.717) is 22.2 Å². The van der Waals surface area contributed by atoms with Crippen molar-refractivity contribution in [3.8, 4) is 11.3 Å². The second-order valence-electron chi connectivity index (χ2n) is 6.51. The fraction of sp³-hybridized carbons (Fsp3) is 0.0435. The standard InChI is InChI=1S/C23H15BrCl2N2O/c24-16-7-9-21-17(11-16)18(12-22(28-21)15-4-2-1-3-5-15)23(29)27-13-14-6-8-19(25)20(26)10-14/h1-12H,13H2,(H,27,29). The second-order valence-corrected chi connectivity index (χ2v) is 8.24. The third-order valence-electron chi connectivity index (χ3n) is 4.52. The summed E-state index contributed by atoms with van der Waals surface area (Å²) in [7, 11) is 0. The summed E-state index contributed by atoms with van der Waals surface area (Å²) in [6.45, 7) is 0.341. The van der Waals surface area contributed by atoms with Gasteiger partial charge in [0.2, 0.25) is 0 Å². The molecule has 0 aliphatic rings. The number of carbonyl (C=O) groups excluding carboxylic acids is 1. The molecule has 0 fully saturated rings. The van der Waals surface area contributed by atoms with Crippen LogP contribution in [0.3, 0.4) is 0 Å². The molecule has 144 valence electrons. The number of fused-ring (bicyclic) bond motifs is 1. The van der Waals surface area contributed by atoms with Gasteiger partial charge in [-0.2, -0.15) is 0 Å². The van der Waals surface area contributed by atoms with E-state index in [2.05, 4.69) is 21.2 Å². The molecule has 4 aromatic rings. The molecule has 1 amide bonds. The van der Waals surface area contributed by atoms with Gasteiger partial charge < -0.3 is 5.32 Å². The molecule has 3 aromatic carbocycles. The number of aromatic nitrogens is 1. The van der Waals surface area contributed by atoms with Crippen molar-refractivity contribution in [1.82, 2.24) is 10.3 Å². The van der Waals surface area contributed by atoms with Crippen LogP contribution in [-0.2, 0) is 6.54 Å². The number of hydrogen-bond donors (Lipinski definition) is 1. The predicted octanol–water partition coefficient (Wildman–Crippen LogP) is 6.90. The molecule has 1 N–H and O–H groups in total. The number of rotatable bonds is 4. The van der Waals surface area contributed by atoms with Gasteiger partial charge in [-0.15, -0.1) is 0 Å². The SMILES string of the molecule is O=C(NCc1ccc(Cl)c(Cl)c1)c1cc(-c2ccccc2)nc2ccc(Br)cc12. The maximum Gasteiger partial charge on any atom is 0.252 e. The van der Waals surface area contributed by atoms with Crippen molar-refractivity contribution < 1.29 is 4.79 Å². The lowest BCUT2D eigenvalue weighted by Gasteiger charge is -2.11. The molecular formula is C23H15BrCl2N2O. The normalized spacial score (nSPS) is 10.9. The maximum absolute atomic E-state index is 13.1. The zero-order chi connectivity index (χ0) is 20.4. The van der Waals surface area contributed by atoms with E-state index in [1.807, 2.05) is 60.7 Å². The number of nitrogens with one attached hydrogen (secondary N) is 1. The van der Waals surface area contributed by atoms with Gasteiger partial charge in [-0.05, 0) is 42.0 Å². The minimum Gasteiger partial charge on any atom is -0.348 e. The molecule has 0 unspecified atom stereocenters. The van der Waals surface area contributed by atoms with Crippen LogP contribution in [0.2, 0.25) is 10.0 Å². The van der Waals surface area contributed by atoms with Gasteiger partial charge in [-0.25, -0.2) is 4.98 Å². The number of nitrogens with zero attached hydrogens (tertiary/aromatic N) is 1. The highest BCUT2D eigenvalue weighted by Crippen LogP contribution is 2.27. The monoisotopic (exact) mass is 484 g/mol. The smallest absolute Gasteiger partial charge is 0.252 e. The largest absolute Gasteiger partial charge is 0.348 e. The molecule has 0 spiro atoms. The van der Waals surface area contributed by atoms with Gasteiger partial charge in [0, 0.05) is 22.0 Å². The topological polar surface area (TPSA) is 42.0 Å². The average molecular weight is 486 g/mol. The Morgan fingerprint density at radius 3 is 2.48 bits per heavy atom. The van der Waals surface area contributed by atoms with E-state index in [1.165, 1.54) is 0 Å². The Labute approximate surface area is 186 Å². The molecule has 0 atom stereocenters. The zero-order valence-electron chi connectivity index (χ0n) is 15.1. The van der Waals surface area contributed by atoms with Crippen LogP contribution in [0.25, 0.3) is 22.2 Å². The number of benzene rings is 3. The van der Waals surface area contributed by atoms with Gasteiger partial charge in [0.25, 0.3) is 5.91 Å². The Kier molecular flexibility index (Phi) is 5.86. The molecule has 3 nitrogen and oxygen atoms in total. The molecule has 1 heterocycles. The fourth-order valence-electron chi connectivity index (χ4n) is 3.07. The van der Waals surface area contributed by atoms with Gasteiger partial charge >= 0.3 is 0 Å². The highest BCUT2D eigenvalue weighted by atomic mass is 79.9. The summed E-state index contributed by atoms with van der Waals surface area (Å²) in [5.74, 6) is -0.182. The Balaban J connectivity index is 1.71. The minimum atomic E-state index is -0.182. The van der Waals surface area contributed by atoms with E-state index in [-0.39, 0.29) is 5.91 Å². The lowest BCUT2D eigenvalue weighted by molar-refractivity contribution is 0.0952. The van der Waals surface area contributed by atoms with E-state index in [4.69, 9.17) is 28.2 Å². The van der Waals surface area contributed by atoms with Gasteiger partial charge in [0.05, 0.1) is 26.8 Å². The van der Waals surface area contributed by atoms with Crippen molar-refractivity contribution in [1.29, 1.82) is 0 Å². The van der Waals surface area contributed by atoms with Crippen LogP contribution in [-0.4, -0.2) is 10.9 Å². The number of halogens is 3. The highest BCUT2D eigenvalue weighted by molar-refractivity contribution is 9.10. The first-order valence-corrected chi connectivity index (χ1v) is 10.4. The van der Waals surface area contributed by atoms with E-state index >= 15 is 0 Å². The van der Waals surface area contributed by atoms with E-state index in [9.17, 15) is 4.79 Å². The first-order chi connectivity index (χ1) is 14.0. The summed E-state index contributed by atoms with van der Waals surface area (Å²) in [6.07, 6.45) is 0. The van der Waals surface area contributed by atoms with E-state index in [1.54, 1.807) is 12.1 Å². The summed E-state index contributed by atoms with van der Waals surface area (Å²) in [4.78, 5) is 17.8. The number of carbonyl (C=O) groups is 1. The Morgan fingerprint density at radius 1 is 0.931 bits per heavy atom. The van der Waals surface area contributed by atoms with Gasteiger partial charge in [-0.3, -0.25) is 4.79 Å². The molecule has 0 bridgehead atoms. The van der Waals surface area contributed by atoms with Crippen LogP contribution < -0.4 is 5.32 Å². The molecule has 6 heteroatoms.